The molecule has 1 amide bonds. The molecule has 0 radical (unpaired) electrons. The van der Waals surface area contributed by atoms with Crippen LogP contribution in [0.15, 0.2) is 30.3 Å². The molecule has 1 atom stereocenters. The van der Waals surface area contributed by atoms with Crippen LogP contribution >= 0.6 is 11.8 Å². The largest absolute Gasteiger partial charge is 0.480 e. The third kappa shape index (κ3) is 4.59. The van der Waals surface area contributed by atoms with Crippen LogP contribution in [0.4, 0.5) is 5.69 Å². The van der Waals surface area contributed by atoms with Gasteiger partial charge in [0, 0.05) is 12.7 Å². The summed E-state index contributed by atoms with van der Waals surface area (Å²) in [6.45, 7) is 3.69. The first-order chi connectivity index (χ1) is 8.93. The number of benzene rings is 1. The smallest absolute Gasteiger partial charge is 0.316 e. The number of para-hydroxylation sites is 1. The van der Waals surface area contributed by atoms with E-state index >= 15 is 0 Å². The molecule has 0 heterocycles. The van der Waals surface area contributed by atoms with E-state index in [4.69, 9.17) is 5.11 Å². The van der Waals surface area contributed by atoms with Gasteiger partial charge in [-0.25, -0.2) is 0 Å². The molecule has 1 aromatic rings. The maximum Gasteiger partial charge on any atom is 0.316 e. The van der Waals surface area contributed by atoms with E-state index in [-0.39, 0.29) is 17.6 Å². The molecule has 104 valence electrons. The van der Waals surface area contributed by atoms with Gasteiger partial charge in [-0.1, -0.05) is 32.0 Å². The van der Waals surface area contributed by atoms with Gasteiger partial charge in [-0.3, -0.25) is 9.59 Å². The minimum absolute atomic E-state index is 0.00247. The summed E-state index contributed by atoms with van der Waals surface area (Å²) in [6.07, 6.45) is 0. The van der Waals surface area contributed by atoms with Gasteiger partial charge in [-0.05, 0) is 18.1 Å². The summed E-state index contributed by atoms with van der Waals surface area (Å²) in [5.74, 6) is -0.795. The molecular weight excluding hydrogens is 262 g/mol. The first kappa shape index (κ1) is 15.6. The Bertz CT molecular complexity index is 434. The van der Waals surface area contributed by atoms with Crippen molar-refractivity contribution < 1.29 is 14.7 Å². The molecule has 5 heteroatoms. The highest BCUT2D eigenvalue weighted by atomic mass is 32.2. The Morgan fingerprint density at radius 2 is 1.84 bits per heavy atom. The molecule has 4 nitrogen and oxygen atoms in total. The van der Waals surface area contributed by atoms with E-state index < -0.39 is 11.2 Å². The third-order valence-electron chi connectivity index (χ3n) is 2.75. The van der Waals surface area contributed by atoms with Crippen LogP contribution in [0, 0.1) is 5.92 Å². The molecule has 0 saturated carbocycles. The average Bonchev–Trinajstić information content (AvgIpc) is 2.38. The maximum atomic E-state index is 12.0. The van der Waals surface area contributed by atoms with Crippen molar-refractivity contribution in [3.63, 3.8) is 0 Å². The number of anilines is 1. The number of hydrogen-bond donors (Lipinski definition) is 1. The zero-order valence-electron chi connectivity index (χ0n) is 11.4. The fraction of sp³-hybridized carbons (Fsp3) is 0.429. The molecule has 1 rings (SSSR count). The predicted octanol–water partition coefficient (Wildman–Crippen LogP) is 2.49. The molecule has 0 aliphatic carbocycles. The number of rotatable bonds is 6. The summed E-state index contributed by atoms with van der Waals surface area (Å²) in [4.78, 5) is 24.6. The SMILES string of the molecule is CC(C)C(SCC(=O)N(C)c1ccccc1)C(=O)O. The van der Waals surface area contributed by atoms with E-state index in [1.54, 1.807) is 11.9 Å². The summed E-state index contributed by atoms with van der Waals surface area (Å²) in [5.41, 5.74) is 0.810. The number of carboxylic acid groups (broad SMARTS) is 1. The molecular formula is C14H19NO3S. The average molecular weight is 281 g/mol. The Kier molecular flexibility index (Phi) is 5.89. The normalized spacial score (nSPS) is 12.2. The lowest BCUT2D eigenvalue weighted by atomic mass is 10.1. The summed E-state index contributed by atoms with van der Waals surface area (Å²) in [7, 11) is 1.70. The van der Waals surface area contributed by atoms with E-state index in [1.807, 2.05) is 44.2 Å². The van der Waals surface area contributed by atoms with Crippen molar-refractivity contribution in [3.05, 3.63) is 30.3 Å². The Morgan fingerprint density at radius 3 is 2.32 bits per heavy atom. The van der Waals surface area contributed by atoms with Crippen molar-refractivity contribution in [1.82, 2.24) is 0 Å². The number of carbonyl (C=O) groups is 2. The summed E-state index contributed by atoms with van der Waals surface area (Å²) in [5, 5.41) is 8.52. The molecule has 0 aromatic heterocycles. The lowest BCUT2D eigenvalue weighted by molar-refractivity contribution is -0.137. The summed E-state index contributed by atoms with van der Waals surface area (Å²) < 4.78 is 0. The van der Waals surface area contributed by atoms with E-state index in [0.29, 0.717) is 0 Å². The minimum Gasteiger partial charge on any atom is -0.480 e. The molecule has 0 fully saturated rings. The van der Waals surface area contributed by atoms with Gasteiger partial charge in [-0.15, -0.1) is 11.8 Å². The Morgan fingerprint density at radius 1 is 1.26 bits per heavy atom. The van der Waals surface area contributed by atoms with Crippen LogP contribution in [0.2, 0.25) is 0 Å². The highest BCUT2D eigenvalue weighted by Gasteiger charge is 2.23. The van der Waals surface area contributed by atoms with Gasteiger partial charge < -0.3 is 10.0 Å². The summed E-state index contributed by atoms with van der Waals surface area (Å²) in [6, 6.07) is 9.30. The number of amides is 1. The van der Waals surface area contributed by atoms with Crippen LogP contribution in [0.25, 0.3) is 0 Å². The lowest BCUT2D eigenvalue weighted by Crippen LogP contribution is -2.31. The van der Waals surface area contributed by atoms with Crippen molar-refractivity contribution in [2.24, 2.45) is 5.92 Å². The second-order valence-corrected chi connectivity index (χ2v) is 5.73. The zero-order chi connectivity index (χ0) is 14.4. The van der Waals surface area contributed by atoms with Gasteiger partial charge in [0.05, 0.1) is 5.75 Å². The van der Waals surface area contributed by atoms with Crippen LogP contribution in [-0.2, 0) is 9.59 Å². The van der Waals surface area contributed by atoms with Crippen LogP contribution in [0.1, 0.15) is 13.8 Å². The van der Waals surface area contributed by atoms with Crippen LogP contribution in [-0.4, -0.2) is 35.0 Å². The number of carbonyl (C=O) groups excluding carboxylic acids is 1. The van der Waals surface area contributed by atoms with Gasteiger partial charge in [0.15, 0.2) is 0 Å². The molecule has 1 aromatic carbocycles. The topological polar surface area (TPSA) is 57.6 Å². The third-order valence-corrected chi connectivity index (χ3v) is 4.27. The van der Waals surface area contributed by atoms with Gasteiger partial charge >= 0.3 is 5.97 Å². The van der Waals surface area contributed by atoms with Crippen molar-refractivity contribution in [3.8, 4) is 0 Å². The number of nitrogens with zero attached hydrogens (tertiary/aromatic N) is 1. The molecule has 0 bridgehead atoms. The minimum atomic E-state index is -0.866. The van der Waals surface area contributed by atoms with Crippen molar-refractivity contribution in [2.45, 2.75) is 19.1 Å². The van der Waals surface area contributed by atoms with Crippen LogP contribution < -0.4 is 4.90 Å². The Balaban J connectivity index is 2.58. The first-order valence-electron chi connectivity index (χ1n) is 6.09. The second kappa shape index (κ2) is 7.19. The fourth-order valence-electron chi connectivity index (χ4n) is 1.60. The van der Waals surface area contributed by atoms with Gasteiger partial charge in [0.2, 0.25) is 5.91 Å². The number of aliphatic carboxylic acids is 1. The second-order valence-electron chi connectivity index (χ2n) is 4.60. The maximum absolute atomic E-state index is 12.0. The molecule has 0 spiro atoms. The van der Waals surface area contributed by atoms with Gasteiger partial charge in [0.1, 0.15) is 5.25 Å². The highest BCUT2D eigenvalue weighted by molar-refractivity contribution is 8.01. The first-order valence-corrected chi connectivity index (χ1v) is 7.14. The number of carboxylic acids is 1. The van der Waals surface area contributed by atoms with E-state index in [2.05, 4.69) is 0 Å². The molecule has 1 unspecified atom stereocenters. The zero-order valence-corrected chi connectivity index (χ0v) is 12.2. The predicted molar refractivity (Wildman–Crippen MR) is 78.6 cm³/mol. The Labute approximate surface area is 117 Å². The van der Waals surface area contributed by atoms with Crippen LogP contribution in [0.3, 0.4) is 0 Å². The van der Waals surface area contributed by atoms with Crippen molar-refractivity contribution >= 4 is 29.3 Å². The monoisotopic (exact) mass is 281 g/mol. The quantitative estimate of drug-likeness (QED) is 0.870. The molecule has 0 aliphatic rings. The van der Waals surface area contributed by atoms with Crippen molar-refractivity contribution in [2.75, 3.05) is 17.7 Å². The van der Waals surface area contributed by atoms with Crippen LogP contribution in [0.5, 0.6) is 0 Å². The molecule has 0 aliphatic heterocycles. The molecule has 0 saturated heterocycles. The standard InChI is InChI=1S/C14H19NO3S/c1-10(2)13(14(17)18)19-9-12(16)15(3)11-7-5-4-6-8-11/h4-8,10,13H,9H2,1-3H3,(H,17,18). The van der Waals surface area contributed by atoms with E-state index in [9.17, 15) is 9.59 Å². The fourth-order valence-corrected chi connectivity index (χ4v) is 2.65. The lowest BCUT2D eigenvalue weighted by Gasteiger charge is -2.19. The van der Waals surface area contributed by atoms with Gasteiger partial charge in [-0.2, -0.15) is 0 Å². The highest BCUT2D eigenvalue weighted by Crippen LogP contribution is 2.21. The molecule has 1 N–H and O–H groups in total. The van der Waals surface area contributed by atoms with E-state index in [1.165, 1.54) is 11.8 Å². The summed E-state index contributed by atoms with van der Waals surface area (Å²) >= 11 is 1.18. The Hall–Kier alpha value is -1.49. The van der Waals surface area contributed by atoms with E-state index in [0.717, 1.165) is 5.69 Å². The molecule has 19 heavy (non-hydrogen) atoms. The van der Waals surface area contributed by atoms with Crippen molar-refractivity contribution in [1.29, 1.82) is 0 Å². The number of thioether (sulfide) groups is 1. The number of hydrogen-bond acceptors (Lipinski definition) is 3. The van der Waals surface area contributed by atoms with Gasteiger partial charge in [0.25, 0.3) is 0 Å².